The Kier molecular flexibility index (Phi) is 3.56. The summed E-state index contributed by atoms with van der Waals surface area (Å²) in [6.07, 6.45) is 3.56. The van der Waals surface area contributed by atoms with E-state index in [9.17, 15) is 4.39 Å². The fourth-order valence-corrected chi connectivity index (χ4v) is 2.29. The van der Waals surface area contributed by atoms with E-state index in [0.717, 1.165) is 18.5 Å². The third-order valence-corrected chi connectivity index (χ3v) is 3.35. The molecule has 2 unspecified atom stereocenters. The second-order valence-electron chi connectivity index (χ2n) is 4.59. The zero-order valence-corrected chi connectivity index (χ0v) is 9.67. The molecule has 3 heteroatoms. The molecule has 0 bridgehead atoms. The van der Waals surface area contributed by atoms with Crippen molar-refractivity contribution in [2.75, 3.05) is 6.54 Å². The summed E-state index contributed by atoms with van der Waals surface area (Å²) in [5.74, 6) is -0.160. The van der Waals surface area contributed by atoms with E-state index < -0.39 is 0 Å². The van der Waals surface area contributed by atoms with Gasteiger partial charge in [0.05, 0.1) is 0 Å². The van der Waals surface area contributed by atoms with Crippen LogP contribution in [0, 0.1) is 12.7 Å². The van der Waals surface area contributed by atoms with Crippen molar-refractivity contribution in [1.82, 2.24) is 5.32 Å². The molecule has 2 rings (SSSR count). The Balaban J connectivity index is 2.12. The quantitative estimate of drug-likeness (QED) is 0.805. The number of piperidine rings is 1. The Hall–Kier alpha value is -0.930. The van der Waals surface area contributed by atoms with Crippen LogP contribution < -0.4 is 11.1 Å². The van der Waals surface area contributed by atoms with Crippen LogP contribution in [0.15, 0.2) is 18.2 Å². The maximum absolute atomic E-state index is 13.1. The lowest BCUT2D eigenvalue weighted by Crippen LogP contribution is -2.42. The van der Waals surface area contributed by atoms with Crippen LogP contribution >= 0.6 is 0 Å². The van der Waals surface area contributed by atoms with E-state index in [2.05, 4.69) is 5.32 Å². The van der Waals surface area contributed by atoms with E-state index in [4.69, 9.17) is 5.73 Å². The minimum Gasteiger partial charge on any atom is -0.323 e. The number of halogens is 1. The molecule has 0 radical (unpaired) electrons. The highest BCUT2D eigenvalue weighted by Crippen LogP contribution is 2.22. The molecule has 0 amide bonds. The van der Waals surface area contributed by atoms with Crippen molar-refractivity contribution in [2.24, 2.45) is 5.73 Å². The summed E-state index contributed by atoms with van der Waals surface area (Å²) in [5, 5.41) is 3.43. The number of hydrogen-bond donors (Lipinski definition) is 2. The fraction of sp³-hybridized carbons (Fsp3) is 0.538. The normalized spacial score (nSPS) is 23.1. The lowest BCUT2D eigenvalue weighted by atomic mass is 9.92. The molecule has 1 aromatic carbocycles. The van der Waals surface area contributed by atoms with Crippen molar-refractivity contribution in [1.29, 1.82) is 0 Å². The SMILES string of the molecule is Cc1cc(C(N)C2CCCCN2)ccc1F. The Morgan fingerprint density at radius 3 is 2.88 bits per heavy atom. The fourth-order valence-electron chi connectivity index (χ4n) is 2.29. The van der Waals surface area contributed by atoms with Crippen LogP contribution in [0.2, 0.25) is 0 Å². The van der Waals surface area contributed by atoms with E-state index in [-0.39, 0.29) is 11.9 Å². The van der Waals surface area contributed by atoms with E-state index in [1.54, 1.807) is 13.0 Å². The van der Waals surface area contributed by atoms with Crippen molar-refractivity contribution in [3.63, 3.8) is 0 Å². The molecule has 0 spiro atoms. The van der Waals surface area contributed by atoms with Crippen LogP contribution in [0.3, 0.4) is 0 Å². The number of aryl methyl sites for hydroxylation is 1. The van der Waals surface area contributed by atoms with Crippen LogP contribution in [0.25, 0.3) is 0 Å². The predicted octanol–water partition coefficient (Wildman–Crippen LogP) is 2.28. The first-order chi connectivity index (χ1) is 7.68. The van der Waals surface area contributed by atoms with Crippen LogP contribution in [-0.4, -0.2) is 12.6 Å². The second-order valence-corrected chi connectivity index (χ2v) is 4.59. The minimum absolute atomic E-state index is 0.0281. The van der Waals surface area contributed by atoms with Crippen molar-refractivity contribution >= 4 is 0 Å². The summed E-state index contributed by atoms with van der Waals surface area (Å²) in [4.78, 5) is 0. The molecule has 1 aliphatic heterocycles. The monoisotopic (exact) mass is 222 g/mol. The van der Waals surface area contributed by atoms with Gasteiger partial charge in [-0.25, -0.2) is 4.39 Å². The van der Waals surface area contributed by atoms with Gasteiger partial charge in [0.15, 0.2) is 0 Å². The Morgan fingerprint density at radius 2 is 2.25 bits per heavy atom. The topological polar surface area (TPSA) is 38.0 Å². The van der Waals surface area contributed by atoms with Gasteiger partial charge < -0.3 is 11.1 Å². The third-order valence-electron chi connectivity index (χ3n) is 3.35. The lowest BCUT2D eigenvalue weighted by molar-refractivity contribution is 0.353. The number of nitrogens with two attached hydrogens (primary N) is 1. The highest BCUT2D eigenvalue weighted by molar-refractivity contribution is 5.27. The van der Waals surface area contributed by atoms with Gasteiger partial charge in [0.2, 0.25) is 0 Å². The molecular formula is C13H19FN2. The van der Waals surface area contributed by atoms with Crippen molar-refractivity contribution in [3.05, 3.63) is 35.1 Å². The number of nitrogens with one attached hydrogen (secondary N) is 1. The molecule has 2 atom stereocenters. The highest BCUT2D eigenvalue weighted by Gasteiger charge is 2.21. The van der Waals surface area contributed by atoms with Gasteiger partial charge in [-0.2, -0.15) is 0 Å². The summed E-state index contributed by atoms with van der Waals surface area (Å²) >= 11 is 0. The van der Waals surface area contributed by atoms with E-state index in [1.165, 1.54) is 18.9 Å². The maximum Gasteiger partial charge on any atom is 0.126 e. The Bertz CT molecular complexity index is 359. The largest absolute Gasteiger partial charge is 0.323 e. The first-order valence-electron chi connectivity index (χ1n) is 5.93. The van der Waals surface area contributed by atoms with Gasteiger partial charge in [-0.15, -0.1) is 0 Å². The molecule has 1 saturated heterocycles. The molecule has 0 aliphatic carbocycles. The Labute approximate surface area is 96.0 Å². The maximum atomic E-state index is 13.1. The molecule has 3 N–H and O–H groups in total. The smallest absolute Gasteiger partial charge is 0.126 e. The van der Waals surface area contributed by atoms with E-state index in [1.807, 2.05) is 6.07 Å². The van der Waals surface area contributed by atoms with Gasteiger partial charge in [0.1, 0.15) is 5.82 Å². The van der Waals surface area contributed by atoms with Crippen molar-refractivity contribution in [3.8, 4) is 0 Å². The molecule has 1 aliphatic rings. The molecule has 1 aromatic rings. The van der Waals surface area contributed by atoms with E-state index in [0.29, 0.717) is 11.6 Å². The molecule has 16 heavy (non-hydrogen) atoms. The van der Waals surface area contributed by atoms with Gasteiger partial charge in [0.25, 0.3) is 0 Å². The number of rotatable bonds is 2. The standard InChI is InChI=1S/C13H19FN2/c1-9-8-10(5-6-11(9)14)13(15)12-4-2-3-7-16-12/h5-6,8,12-13,16H,2-4,7,15H2,1H3. The Morgan fingerprint density at radius 1 is 1.44 bits per heavy atom. The zero-order chi connectivity index (χ0) is 11.5. The zero-order valence-electron chi connectivity index (χ0n) is 9.67. The molecule has 88 valence electrons. The van der Waals surface area contributed by atoms with Gasteiger partial charge in [-0.05, 0) is 43.5 Å². The van der Waals surface area contributed by atoms with Gasteiger partial charge in [-0.1, -0.05) is 18.6 Å². The summed E-state index contributed by atoms with van der Waals surface area (Å²) in [5.41, 5.74) is 7.90. The third kappa shape index (κ3) is 2.42. The van der Waals surface area contributed by atoms with Gasteiger partial charge >= 0.3 is 0 Å². The molecule has 1 fully saturated rings. The average Bonchev–Trinajstić information content (AvgIpc) is 2.33. The lowest BCUT2D eigenvalue weighted by Gasteiger charge is -2.29. The van der Waals surface area contributed by atoms with Crippen LogP contribution in [-0.2, 0) is 0 Å². The minimum atomic E-state index is -0.160. The molecule has 0 aromatic heterocycles. The first-order valence-corrected chi connectivity index (χ1v) is 5.93. The molecule has 0 saturated carbocycles. The molecular weight excluding hydrogens is 203 g/mol. The second kappa shape index (κ2) is 4.93. The average molecular weight is 222 g/mol. The summed E-state index contributed by atoms with van der Waals surface area (Å²) < 4.78 is 13.1. The summed E-state index contributed by atoms with van der Waals surface area (Å²) in [6.45, 7) is 2.82. The molecule has 2 nitrogen and oxygen atoms in total. The van der Waals surface area contributed by atoms with Crippen molar-refractivity contribution < 1.29 is 4.39 Å². The predicted molar refractivity (Wildman–Crippen MR) is 63.7 cm³/mol. The van der Waals surface area contributed by atoms with Crippen LogP contribution in [0.5, 0.6) is 0 Å². The van der Waals surface area contributed by atoms with Crippen LogP contribution in [0.1, 0.15) is 36.4 Å². The first kappa shape index (κ1) is 11.6. The summed E-state index contributed by atoms with van der Waals surface area (Å²) in [6, 6.07) is 5.46. The highest BCUT2D eigenvalue weighted by atomic mass is 19.1. The van der Waals surface area contributed by atoms with Gasteiger partial charge in [-0.3, -0.25) is 0 Å². The van der Waals surface area contributed by atoms with Gasteiger partial charge in [0, 0.05) is 12.1 Å². The number of benzene rings is 1. The summed E-state index contributed by atoms with van der Waals surface area (Å²) in [7, 11) is 0. The molecule has 1 heterocycles. The van der Waals surface area contributed by atoms with Crippen molar-refractivity contribution in [2.45, 2.75) is 38.3 Å². The van der Waals surface area contributed by atoms with Crippen LogP contribution in [0.4, 0.5) is 4.39 Å². The number of hydrogen-bond acceptors (Lipinski definition) is 2. The van der Waals surface area contributed by atoms with E-state index >= 15 is 0 Å².